The molecule has 3 aromatic carbocycles. The molecule has 1 aromatic heterocycles. The first-order chi connectivity index (χ1) is 16.2. The Balaban J connectivity index is 1.41. The Bertz CT molecular complexity index is 1410. The highest BCUT2D eigenvalue weighted by Gasteiger charge is 2.18. The maximum absolute atomic E-state index is 12.5. The number of amides is 1. The van der Waals surface area contributed by atoms with Gasteiger partial charge in [0.1, 0.15) is 11.3 Å². The molecule has 11 heteroatoms. The van der Waals surface area contributed by atoms with Crippen LogP contribution in [-0.2, 0) is 4.79 Å². The third kappa shape index (κ3) is 5.74. The Morgan fingerprint density at radius 1 is 1.00 bits per heavy atom. The Labute approximate surface area is 220 Å². The maximum Gasteiger partial charge on any atom is 0.266 e. The van der Waals surface area contributed by atoms with Gasteiger partial charge >= 0.3 is 0 Å². The van der Waals surface area contributed by atoms with Crippen LogP contribution in [-0.4, -0.2) is 22.1 Å². The van der Waals surface area contributed by atoms with Gasteiger partial charge in [-0.3, -0.25) is 10.1 Å². The van der Waals surface area contributed by atoms with Crippen LogP contribution in [0.2, 0.25) is 20.1 Å². The summed E-state index contributed by atoms with van der Waals surface area (Å²) in [6.45, 7) is 1.58. The van der Waals surface area contributed by atoms with E-state index in [1.54, 1.807) is 55.5 Å². The van der Waals surface area contributed by atoms with Gasteiger partial charge in [0.2, 0.25) is 5.89 Å². The topological polar surface area (TPSA) is 76.4 Å². The number of hydrogen-bond acceptors (Lipinski definition) is 5. The fraction of sp³-hybridized carbons (Fsp3) is 0.0870. The zero-order valence-electron chi connectivity index (χ0n) is 17.4. The normalized spacial score (nSPS) is 11.8. The fourth-order valence-electron chi connectivity index (χ4n) is 2.95. The number of halogens is 4. The molecule has 6 nitrogen and oxygen atoms in total. The van der Waals surface area contributed by atoms with E-state index in [0.29, 0.717) is 54.1 Å². The third-order valence-electron chi connectivity index (χ3n) is 4.62. The average Bonchev–Trinajstić information content (AvgIpc) is 3.20. The average molecular weight is 555 g/mol. The molecule has 0 saturated heterocycles. The molecule has 1 heterocycles. The van der Waals surface area contributed by atoms with Crippen molar-refractivity contribution in [1.82, 2.24) is 10.3 Å². The summed E-state index contributed by atoms with van der Waals surface area (Å²) >= 11 is 29.3. The van der Waals surface area contributed by atoms with Gasteiger partial charge in [0, 0.05) is 16.3 Å². The summed E-state index contributed by atoms with van der Waals surface area (Å²) in [5, 5.41) is 7.24. The van der Waals surface area contributed by atoms with E-state index in [-0.39, 0.29) is 5.11 Å². The minimum Gasteiger partial charge on any atom is -0.479 e. The van der Waals surface area contributed by atoms with Crippen LogP contribution in [0.15, 0.2) is 59.0 Å². The van der Waals surface area contributed by atoms with E-state index in [1.165, 1.54) is 6.07 Å². The van der Waals surface area contributed by atoms with E-state index in [1.807, 2.05) is 0 Å². The molecule has 0 saturated carbocycles. The van der Waals surface area contributed by atoms with Crippen LogP contribution in [0.1, 0.15) is 6.92 Å². The Hall–Kier alpha value is -2.55. The van der Waals surface area contributed by atoms with Gasteiger partial charge in [-0.25, -0.2) is 4.98 Å². The molecule has 0 bridgehead atoms. The first-order valence-electron chi connectivity index (χ1n) is 9.79. The summed E-state index contributed by atoms with van der Waals surface area (Å²) in [6, 6.07) is 15.1. The lowest BCUT2D eigenvalue weighted by atomic mass is 10.2. The van der Waals surface area contributed by atoms with Crippen molar-refractivity contribution in [3.05, 3.63) is 74.7 Å². The number of carbonyl (C=O) groups excluding carboxylic acids is 1. The molecule has 4 aromatic rings. The van der Waals surface area contributed by atoms with Crippen molar-refractivity contribution < 1.29 is 13.9 Å². The van der Waals surface area contributed by atoms with Crippen molar-refractivity contribution in [2.24, 2.45) is 0 Å². The maximum atomic E-state index is 12.5. The number of fused-ring (bicyclic) bond motifs is 1. The molecular weight excluding hydrogens is 540 g/mol. The van der Waals surface area contributed by atoms with Crippen molar-refractivity contribution in [2.45, 2.75) is 13.0 Å². The fourth-order valence-corrected chi connectivity index (χ4v) is 3.92. The zero-order chi connectivity index (χ0) is 24.4. The minimum atomic E-state index is -0.856. The van der Waals surface area contributed by atoms with Gasteiger partial charge in [-0.2, -0.15) is 0 Å². The summed E-state index contributed by atoms with van der Waals surface area (Å²) in [4.78, 5) is 17.0. The SMILES string of the molecule is CC(Oc1ccc(Cl)cc1Cl)C(=O)NC(=S)Nc1ccc2oc(-c3ccc(Cl)c(Cl)c3)nc2c1. The van der Waals surface area contributed by atoms with Gasteiger partial charge in [-0.05, 0) is 73.7 Å². The van der Waals surface area contributed by atoms with E-state index in [2.05, 4.69) is 15.6 Å². The molecule has 4 rings (SSSR count). The largest absolute Gasteiger partial charge is 0.479 e. The van der Waals surface area contributed by atoms with Crippen molar-refractivity contribution in [3.8, 4) is 17.2 Å². The standard InChI is InChI=1S/C23H15Cl4N3O3S/c1-11(32-19-6-3-13(24)9-17(19)27)21(31)30-23(34)28-14-4-7-20-18(10-14)29-22(33-20)12-2-5-15(25)16(26)8-12/h2-11H,1H3,(H2,28,30,31,34). The number of nitrogens with zero attached hydrogens (tertiary/aromatic N) is 1. The summed E-state index contributed by atoms with van der Waals surface area (Å²) in [5.41, 5.74) is 2.47. The van der Waals surface area contributed by atoms with E-state index in [4.69, 9.17) is 67.8 Å². The number of hydrogen-bond donors (Lipinski definition) is 2. The molecule has 2 N–H and O–H groups in total. The Kier molecular flexibility index (Phi) is 7.50. The molecule has 0 aliphatic rings. The molecule has 0 aliphatic carbocycles. The summed E-state index contributed by atoms with van der Waals surface area (Å²) in [5.74, 6) is 0.281. The van der Waals surface area contributed by atoms with Crippen molar-refractivity contribution in [3.63, 3.8) is 0 Å². The van der Waals surface area contributed by atoms with E-state index >= 15 is 0 Å². The third-order valence-corrected chi connectivity index (χ3v) is 6.09. The number of carbonyl (C=O) groups is 1. The van der Waals surface area contributed by atoms with Crippen LogP contribution in [0.25, 0.3) is 22.6 Å². The number of rotatable bonds is 5. The van der Waals surface area contributed by atoms with E-state index in [0.717, 1.165) is 0 Å². The molecular formula is C23H15Cl4N3O3S. The Morgan fingerprint density at radius 3 is 2.53 bits per heavy atom. The van der Waals surface area contributed by atoms with E-state index in [9.17, 15) is 4.79 Å². The molecule has 1 unspecified atom stereocenters. The van der Waals surface area contributed by atoms with Crippen molar-refractivity contribution in [2.75, 3.05) is 5.32 Å². The highest BCUT2D eigenvalue weighted by atomic mass is 35.5. The first kappa shape index (κ1) is 24.6. The Morgan fingerprint density at radius 2 is 1.79 bits per heavy atom. The smallest absolute Gasteiger partial charge is 0.266 e. The predicted octanol–water partition coefficient (Wildman–Crippen LogP) is 7.39. The van der Waals surface area contributed by atoms with Gasteiger partial charge in [0.25, 0.3) is 5.91 Å². The summed E-state index contributed by atoms with van der Waals surface area (Å²) < 4.78 is 11.4. The van der Waals surface area contributed by atoms with Crippen molar-refractivity contribution in [1.29, 1.82) is 0 Å². The molecule has 0 radical (unpaired) electrons. The van der Waals surface area contributed by atoms with Gasteiger partial charge in [-0.15, -0.1) is 0 Å². The van der Waals surface area contributed by atoms with Crippen LogP contribution in [0.5, 0.6) is 5.75 Å². The highest BCUT2D eigenvalue weighted by Crippen LogP contribution is 2.31. The van der Waals surface area contributed by atoms with Crippen LogP contribution >= 0.6 is 58.6 Å². The molecule has 1 atom stereocenters. The lowest BCUT2D eigenvalue weighted by Crippen LogP contribution is -2.42. The zero-order valence-corrected chi connectivity index (χ0v) is 21.2. The predicted molar refractivity (Wildman–Crippen MR) is 140 cm³/mol. The lowest BCUT2D eigenvalue weighted by molar-refractivity contribution is -0.125. The summed E-state index contributed by atoms with van der Waals surface area (Å²) in [7, 11) is 0. The number of anilines is 1. The van der Waals surface area contributed by atoms with Gasteiger partial charge in [0.05, 0.1) is 15.1 Å². The monoisotopic (exact) mass is 553 g/mol. The lowest BCUT2D eigenvalue weighted by Gasteiger charge is -2.16. The second-order valence-electron chi connectivity index (χ2n) is 7.11. The second kappa shape index (κ2) is 10.4. The van der Waals surface area contributed by atoms with Gasteiger partial charge in [0.15, 0.2) is 16.8 Å². The molecule has 1 amide bonds. The number of ether oxygens (including phenoxy) is 1. The quantitative estimate of drug-likeness (QED) is 0.250. The minimum absolute atomic E-state index is 0.0928. The number of thiocarbonyl (C=S) groups is 1. The van der Waals surface area contributed by atoms with Crippen LogP contribution in [0.4, 0.5) is 5.69 Å². The number of oxazole rings is 1. The second-order valence-corrected chi connectivity index (χ2v) is 9.17. The van der Waals surface area contributed by atoms with E-state index < -0.39 is 12.0 Å². The molecule has 0 aliphatic heterocycles. The molecule has 0 spiro atoms. The molecule has 0 fully saturated rings. The van der Waals surface area contributed by atoms with Crippen molar-refractivity contribution >= 4 is 86.4 Å². The number of benzene rings is 3. The molecule has 34 heavy (non-hydrogen) atoms. The summed E-state index contributed by atoms with van der Waals surface area (Å²) in [6.07, 6.45) is -0.856. The van der Waals surface area contributed by atoms with Crippen LogP contribution in [0.3, 0.4) is 0 Å². The number of aromatic nitrogens is 1. The van der Waals surface area contributed by atoms with Gasteiger partial charge in [-0.1, -0.05) is 46.4 Å². The first-order valence-corrected chi connectivity index (χ1v) is 11.7. The molecule has 174 valence electrons. The van der Waals surface area contributed by atoms with Crippen LogP contribution in [0, 0.1) is 0 Å². The van der Waals surface area contributed by atoms with Crippen LogP contribution < -0.4 is 15.4 Å². The highest BCUT2D eigenvalue weighted by molar-refractivity contribution is 7.80. The van der Waals surface area contributed by atoms with Gasteiger partial charge < -0.3 is 14.5 Å². The number of nitrogens with one attached hydrogen (secondary N) is 2.